The summed E-state index contributed by atoms with van der Waals surface area (Å²) in [5, 5.41) is 58.2. The zero-order valence-corrected chi connectivity index (χ0v) is 36.8. The molecular weight excluding hydrogens is 905 g/mol. The van der Waals surface area contributed by atoms with E-state index in [4.69, 9.17) is 14.2 Å². The molecule has 3 rings (SSSR count). The van der Waals surface area contributed by atoms with Crippen molar-refractivity contribution in [3.8, 4) is 17.2 Å². The van der Waals surface area contributed by atoms with Crippen LogP contribution in [0.1, 0.15) is 70.0 Å². The Morgan fingerprint density at radius 2 is 0.864 bits per heavy atom. The molecule has 3 amide bonds. The zero-order valence-electron chi connectivity index (χ0n) is 33.2. The van der Waals surface area contributed by atoms with Gasteiger partial charge in [0.2, 0.25) is 5.54 Å². The molecule has 0 unspecified atom stereocenters. The van der Waals surface area contributed by atoms with Crippen molar-refractivity contribution in [3.63, 3.8) is 0 Å². The number of nitro groups is 1. The Balaban J connectivity index is 0.0000120. The second-order valence-corrected chi connectivity index (χ2v) is 13.2. The number of nitrogens with zero attached hydrogens (tertiary/aromatic N) is 4. The Morgan fingerprint density at radius 1 is 0.593 bits per heavy atom. The van der Waals surface area contributed by atoms with Gasteiger partial charge in [-0.3, -0.25) is 38.9 Å². The first kappa shape index (κ1) is 50.3. The minimum absolute atomic E-state index is 0. The van der Waals surface area contributed by atoms with E-state index in [1.807, 2.05) is 0 Å². The van der Waals surface area contributed by atoms with Crippen LogP contribution in [0.4, 0.5) is 0 Å². The molecule has 3 N–H and O–H groups in total. The number of amides is 3. The molecule has 0 aliphatic heterocycles. The van der Waals surface area contributed by atoms with Crippen LogP contribution in [0.15, 0.2) is 51.2 Å². The second-order valence-electron chi connectivity index (χ2n) is 13.2. The molecule has 0 fully saturated rings. The van der Waals surface area contributed by atoms with E-state index in [-0.39, 0.29) is 133 Å². The molecule has 0 radical (unpaired) electrons. The molecule has 59 heavy (non-hydrogen) atoms. The molecule has 318 valence electrons. The number of aromatic nitrogens is 3. The summed E-state index contributed by atoms with van der Waals surface area (Å²) < 4.78 is 18.9. The minimum atomic E-state index is -1.69. The number of carbonyl (C=O) groups is 3. The zero-order chi connectivity index (χ0) is 42.8. The summed E-state index contributed by atoms with van der Waals surface area (Å²) >= 11 is 0. The minimum Gasteiger partial charge on any atom is -0.868 e. The van der Waals surface area contributed by atoms with E-state index in [1.165, 1.54) is 53.6 Å². The summed E-state index contributed by atoms with van der Waals surface area (Å²) in [6.07, 6.45) is 3.56. The van der Waals surface area contributed by atoms with Crippen molar-refractivity contribution < 1.29 is 84.4 Å². The van der Waals surface area contributed by atoms with Gasteiger partial charge in [0.25, 0.3) is 17.7 Å². The quantitative estimate of drug-likeness (QED) is 0.0484. The molecule has 0 spiro atoms. The largest absolute Gasteiger partial charge is 3.00 e. The maximum atomic E-state index is 13.1. The predicted molar refractivity (Wildman–Crippen MR) is 200 cm³/mol. The molecule has 3 heterocycles. The third-order valence-corrected chi connectivity index (χ3v) is 9.35. The number of rotatable bonds is 25. The van der Waals surface area contributed by atoms with Crippen molar-refractivity contribution >= 4 is 17.7 Å². The summed E-state index contributed by atoms with van der Waals surface area (Å²) in [6.45, 7) is 0.332. The van der Waals surface area contributed by atoms with E-state index < -0.39 is 78.8 Å². The number of hydrogen-bond donors (Lipinski definition) is 3. The standard InChI is InChI=1S/C37H51N7O14.La/c1-56-22-19-41-16-7-25(45)31(48)28(41)34(51)38-13-4-10-37(44(54)55,11-5-14-39-35(52)29-32(49)26(46)8-17-42(29)20-23-57-2)12-6-15-40-36(53)30-33(50)27(47)9-18-43(30)21-24-58-3;/h7-9,16-18,48-50H,4-6,10-15,19-24H2,1-3H3,(H,38,51)(H,39,52)(H,40,53);/q;+3/p-3. The average molecular weight is 954 g/mol. The Hall–Kier alpha value is -4.87. The van der Waals surface area contributed by atoms with Crippen molar-refractivity contribution in [2.45, 2.75) is 63.7 Å². The molecule has 22 heteroatoms. The topological polar surface area (TPSA) is 293 Å². The van der Waals surface area contributed by atoms with Gasteiger partial charge in [0.1, 0.15) is 17.1 Å². The van der Waals surface area contributed by atoms with E-state index in [9.17, 15) is 54.2 Å². The SMILES string of the molecule is COCCn1ccc(=O)c([O-])c1C(=O)NCCCC(CCCNC(=O)c1c([O-])c(=O)ccn1CCOC)(CCCNC(=O)c1c([O-])c(=O)ccn1CCOC)[N+](=O)[O-].[La+3]. The summed E-state index contributed by atoms with van der Waals surface area (Å²) in [6, 6.07) is 3.10. The Labute approximate surface area is 366 Å². The van der Waals surface area contributed by atoms with Crippen molar-refractivity contribution in [1.82, 2.24) is 29.7 Å². The maximum Gasteiger partial charge on any atom is 3.00 e. The van der Waals surface area contributed by atoms with Crippen LogP contribution in [0.3, 0.4) is 0 Å². The maximum absolute atomic E-state index is 13.1. The average Bonchev–Trinajstić information content (AvgIpc) is 3.20. The number of methoxy groups -OCH3 is 3. The number of pyridine rings is 3. The molecule has 3 aromatic heterocycles. The normalized spacial score (nSPS) is 11.1. The van der Waals surface area contributed by atoms with Crippen molar-refractivity contribution in [2.75, 3.05) is 60.8 Å². The van der Waals surface area contributed by atoms with Gasteiger partial charge in [0, 0.05) is 122 Å². The first-order chi connectivity index (χ1) is 27.7. The van der Waals surface area contributed by atoms with Crippen LogP contribution in [0.2, 0.25) is 0 Å². The smallest absolute Gasteiger partial charge is 0.868 e. The van der Waals surface area contributed by atoms with Gasteiger partial charge < -0.3 is 59.2 Å². The van der Waals surface area contributed by atoms with Crippen LogP contribution in [0, 0.1) is 45.7 Å². The monoisotopic (exact) mass is 953 g/mol. The van der Waals surface area contributed by atoms with Gasteiger partial charge >= 0.3 is 35.6 Å². The molecule has 3 aromatic rings. The molecular formula is C37H48LaN7O14. The van der Waals surface area contributed by atoms with E-state index >= 15 is 0 Å². The van der Waals surface area contributed by atoms with Crippen molar-refractivity contribution in [1.29, 1.82) is 0 Å². The van der Waals surface area contributed by atoms with Gasteiger partial charge in [-0.2, -0.15) is 0 Å². The Bertz CT molecular complexity index is 1860. The molecule has 0 aliphatic rings. The molecule has 0 bridgehead atoms. The van der Waals surface area contributed by atoms with Crippen LogP contribution >= 0.6 is 0 Å². The van der Waals surface area contributed by atoms with Crippen LogP contribution < -0.4 is 47.6 Å². The van der Waals surface area contributed by atoms with Crippen LogP contribution in [0.25, 0.3) is 0 Å². The second kappa shape index (κ2) is 24.9. The van der Waals surface area contributed by atoms with E-state index in [2.05, 4.69) is 16.0 Å². The van der Waals surface area contributed by atoms with E-state index in [0.717, 1.165) is 18.2 Å². The van der Waals surface area contributed by atoms with Gasteiger partial charge in [0.15, 0.2) is 16.3 Å². The molecule has 21 nitrogen and oxygen atoms in total. The first-order valence-electron chi connectivity index (χ1n) is 18.4. The predicted octanol–water partition coefficient (Wildman–Crippen LogP) is -1.72. The third-order valence-electron chi connectivity index (χ3n) is 9.35. The van der Waals surface area contributed by atoms with Crippen molar-refractivity contribution in [3.05, 3.63) is 94.7 Å². The molecule has 0 aliphatic carbocycles. The number of ether oxygens (including phenoxy) is 3. The molecule has 0 atom stereocenters. The summed E-state index contributed by atoms with van der Waals surface area (Å²) in [5.74, 6) is -5.65. The fraction of sp³-hybridized carbons (Fsp3) is 0.514. The first-order valence-corrected chi connectivity index (χ1v) is 18.4. The van der Waals surface area contributed by atoms with Gasteiger partial charge in [-0.05, 0) is 36.5 Å². The van der Waals surface area contributed by atoms with Crippen LogP contribution in [0.5, 0.6) is 17.2 Å². The van der Waals surface area contributed by atoms with Gasteiger partial charge in [-0.1, -0.05) is 0 Å². The molecule has 0 saturated carbocycles. The summed E-state index contributed by atoms with van der Waals surface area (Å²) in [4.78, 5) is 87.7. The van der Waals surface area contributed by atoms with E-state index in [0.29, 0.717) is 0 Å². The molecule has 0 aromatic carbocycles. The molecule has 0 saturated heterocycles. The van der Waals surface area contributed by atoms with Gasteiger partial charge in [-0.15, -0.1) is 0 Å². The summed E-state index contributed by atoms with van der Waals surface area (Å²) in [5.41, 5.74) is -5.62. The number of hydrogen-bond acceptors (Lipinski definition) is 14. The fourth-order valence-electron chi connectivity index (χ4n) is 6.25. The van der Waals surface area contributed by atoms with Crippen LogP contribution in [-0.2, 0) is 33.8 Å². The van der Waals surface area contributed by atoms with Crippen molar-refractivity contribution in [2.24, 2.45) is 0 Å². The van der Waals surface area contributed by atoms with Crippen LogP contribution in [-0.4, -0.2) is 103 Å². The Morgan fingerprint density at radius 3 is 1.10 bits per heavy atom. The van der Waals surface area contributed by atoms with E-state index in [1.54, 1.807) is 0 Å². The number of carbonyl (C=O) groups excluding carboxylic acids is 3. The Kier molecular flexibility index (Phi) is 21.2. The number of nitrogens with one attached hydrogen (secondary N) is 3. The summed E-state index contributed by atoms with van der Waals surface area (Å²) in [7, 11) is 4.27. The fourth-order valence-corrected chi connectivity index (χ4v) is 6.25. The van der Waals surface area contributed by atoms with Gasteiger partial charge in [-0.25, -0.2) is 0 Å². The third kappa shape index (κ3) is 13.9. The van der Waals surface area contributed by atoms with Gasteiger partial charge in [0.05, 0.1) is 19.8 Å².